The van der Waals surface area contributed by atoms with Gasteiger partial charge in [-0.2, -0.15) is 0 Å². The lowest BCUT2D eigenvalue weighted by atomic mass is 10.1. The first kappa shape index (κ1) is 13.4. The summed E-state index contributed by atoms with van der Waals surface area (Å²) in [6.45, 7) is 1.62. The van der Waals surface area contributed by atoms with Gasteiger partial charge in [0, 0.05) is 6.07 Å². The van der Waals surface area contributed by atoms with Crippen molar-refractivity contribution in [3.63, 3.8) is 0 Å². The summed E-state index contributed by atoms with van der Waals surface area (Å²) in [6.07, 6.45) is 4.36. The van der Waals surface area contributed by atoms with Crippen LogP contribution in [0, 0.1) is 17.6 Å². The molecule has 1 rings (SSSR count). The molecule has 92 valence electrons. The second kappa shape index (κ2) is 6.13. The van der Waals surface area contributed by atoms with Crippen molar-refractivity contribution in [1.29, 1.82) is 0 Å². The quantitative estimate of drug-likeness (QED) is 0.855. The zero-order chi connectivity index (χ0) is 12.8. The molecule has 0 aromatic heterocycles. The van der Waals surface area contributed by atoms with E-state index >= 15 is 0 Å². The highest BCUT2D eigenvalue weighted by Gasteiger charge is 2.08. The van der Waals surface area contributed by atoms with Gasteiger partial charge in [-0.3, -0.25) is 4.79 Å². The number of rotatable bonds is 5. The molecule has 0 heterocycles. The van der Waals surface area contributed by atoms with Crippen molar-refractivity contribution < 1.29 is 18.7 Å². The van der Waals surface area contributed by atoms with E-state index in [-0.39, 0.29) is 0 Å². The van der Waals surface area contributed by atoms with Crippen molar-refractivity contribution in [2.45, 2.75) is 19.8 Å². The molecule has 1 N–H and O–H groups in total. The van der Waals surface area contributed by atoms with Crippen molar-refractivity contribution in [2.24, 2.45) is 5.92 Å². The Hall–Kier alpha value is -1.71. The molecule has 4 heteroatoms. The highest BCUT2D eigenvalue weighted by molar-refractivity contribution is 5.69. The number of carbonyl (C=O) groups is 1. The molecule has 0 bridgehead atoms. The summed E-state index contributed by atoms with van der Waals surface area (Å²) in [7, 11) is 0. The van der Waals surface area contributed by atoms with Crippen LogP contribution in [0.3, 0.4) is 0 Å². The molecule has 0 aliphatic heterocycles. The summed E-state index contributed by atoms with van der Waals surface area (Å²) in [6, 6.07) is 3.25. The van der Waals surface area contributed by atoms with Crippen LogP contribution in [0.5, 0.6) is 0 Å². The van der Waals surface area contributed by atoms with Crippen LogP contribution in [0.25, 0.3) is 6.08 Å². The molecule has 0 aliphatic carbocycles. The summed E-state index contributed by atoms with van der Waals surface area (Å²) in [5.41, 5.74) is 0.436. The van der Waals surface area contributed by atoms with Crippen LogP contribution in [0.15, 0.2) is 24.3 Å². The Labute approximate surface area is 98.6 Å². The van der Waals surface area contributed by atoms with Crippen LogP contribution in [-0.4, -0.2) is 11.1 Å². The molecule has 1 atom stereocenters. The van der Waals surface area contributed by atoms with Gasteiger partial charge in [0.15, 0.2) is 0 Å². The van der Waals surface area contributed by atoms with Gasteiger partial charge in [0.05, 0.1) is 5.92 Å². The Morgan fingerprint density at radius 3 is 2.47 bits per heavy atom. The van der Waals surface area contributed by atoms with Crippen LogP contribution in [0.2, 0.25) is 0 Å². The van der Waals surface area contributed by atoms with E-state index in [1.54, 1.807) is 19.1 Å². The van der Waals surface area contributed by atoms with Crippen molar-refractivity contribution >= 4 is 12.0 Å². The molecular formula is C13H14F2O2. The molecule has 0 spiro atoms. The molecule has 0 amide bonds. The Morgan fingerprint density at radius 2 is 1.94 bits per heavy atom. The second-order valence-corrected chi connectivity index (χ2v) is 3.92. The summed E-state index contributed by atoms with van der Waals surface area (Å²) in [5, 5.41) is 8.65. The lowest BCUT2D eigenvalue weighted by Crippen LogP contribution is -2.08. The number of hydrogen-bond acceptors (Lipinski definition) is 1. The fraction of sp³-hybridized carbons (Fsp3) is 0.308. The van der Waals surface area contributed by atoms with Crippen LogP contribution in [-0.2, 0) is 4.79 Å². The second-order valence-electron chi connectivity index (χ2n) is 3.92. The molecule has 17 heavy (non-hydrogen) atoms. The third-order valence-corrected chi connectivity index (χ3v) is 2.38. The Morgan fingerprint density at radius 1 is 1.35 bits per heavy atom. The third-order valence-electron chi connectivity index (χ3n) is 2.38. The molecule has 1 aromatic rings. The van der Waals surface area contributed by atoms with E-state index in [2.05, 4.69) is 0 Å². The maximum atomic E-state index is 12.8. The molecule has 0 saturated carbocycles. The standard InChI is InChI=1S/C13H14F2O2/c1-9(13(16)17)4-2-3-5-10-6-11(14)8-12(15)7-10/h3,5-9H,2,4H2,1H3,(H,16,17)/b5-3+. The van der Waals surface area contributed by atoms with E-state index in [1.165, 1.54) is 12.1 Å². The maximum absolute atomic E-state index is 12.8. The summed E-state index contributed by atoms with van der Waals surface area (Å²) in [4.78, 5) is 10.5. The SMILES string of the molecule is CC(CC/C=C/c1cc(F)cc(F)c1)C(=O)O. The highest BCUT2D eigenvalue weighted by atomic mass is 19.1. The average Bonchev–Trinajstić information content (AvgIpc) is 2.22. The van der Waals surface area contributed by atoms with E-state index in [1.807, 2.05) is 0 Å². The molecule has 0 aliphatic rings. The number of halogens is 2. The topological polar surface area (TPSA) is 37.3 Å². The van der Waals surface area contributed by atoms with Gasteiger partial charge in [-0.05, 0) is 30.5 Å². The van der Waals surface area contributed by atoms with E-state index in [9.17, 15) is 13.6 Å². The number of aliphatic carboxylic acids is 1. The molecule has 1 aromatic carbocycles. The maximum Gasteiger partial charge on any atom is 0.306 e. The summed E-state index contributed by atoms with van der Waals surface area (Å²) < 4.78 is 25.6. The van der Waals surface area contributed by atoms with E-state index in [0.717, 1.165) is 6.07 Å². The molecular weight excluding hydrogens is 226 g/mol. The van der Waals surface area contributed by atoms with Crippen molar-refractivity contribution in [3.05, 3.63) is 41.5 Å². The van der Waals surface area contributed by atoms with Gasteiger partial charge in [-0.15, -0.1) is 0 Å². The largest absolute Gasteiger partial charge is 0.481 e. The van der Waals surface area contributed by atoms with Gasteiger partial charge in [0.1, 0.15) is 11.6 Å². The number of allylic oxidation sites excluding steroid dienone is 1. The number of carboxylic acids is 1. The Balaban J connectivity index is 2.51. The molecule has 0 radical (unpaired) electrons. The van der Waals surface area contributed by atoms with E-state index in [0.29, 0.717) is 18.4 Å². The van der Waals surface area contributed by atoms with Crippen molar-refractivity contribution in [3.8, 4) is 0 Å². The Kier molecular flexibility index (Phi) is 4.82. The normalized spacial score (nSPS) is 12.9. The fourth-order valence-electron chi connectivity index (χ4n) is 1.36. The zero-order valence-corrected chi connectivity index (χ0v) is 9.49. The lowest BCUT2D eigenvalue weighted by Gasteiger charge is -2.02. The number of benzene rings is 1. The van der Waals surface area contributed by atoms with Crippen LogP contribution >= 0.6 is 0 Å². The molecule has 0 saturated heterocycles. The number of carboxylic acid groups (broad SMARTS) is 1. The van der Waals surface area contributed by atoms with Gasteiger partial charge in [0.2, 0.25) is 0 Å². The summed E-state index contributed by atoms with van der Waals surface area (Å²) in [5.74, 6) is -2.49. The number of hydrogen-bond donors (Lipinski definition) is 1. The molecule has 1 unspecified atom stereocenters. The first-order valence-electron chi connectivity index (χ1n) is 5.34. The minimum Gasteiger partial charge on any atom is -0.481 e. The average molecular weight is 240 g/mol. The first-order valence-corrected chi connectivity index (χ1v) is 5.34. The van der Waals surface area contributed by atoms with E-state index in [4.69, 9.17) is 5.11 Å². The van der Waals surface area contributed by atoms with Crippen molar-refractivity contribution in [1.82, 2.24) is 0 Å². The lowest BCUT2D eigenvalue weighted by molar-refractivity contribution is -0.141. The van der Waals surface area contributed by atoms with Crippen LogP contribution in [0.4, 0.5) is 8.78 Å². The monoisotopic (exact) mass is 240 g/mol. The summed E-state index contributed by atoms with van der Waals surface area (Å²) >= 11 is 0. The first-order chi connectivity index (χ1) is 7.99. The fourth-order valence-corrected chi connectivity index (χ4v) is 1.36. The van der Waals surface area contributed by atoms with Crippen molar-refractivity contribution in [2.75, 3.05) is 0 Å². The highest BCUT2D eigenvalue weighted by Crippen LogP contribution is 2.11. The van der Waals surface area contributed by atoms with Gasteiger partial charge >= 0.3 is 5.97 Å². The third kappa shape index (κ3) is 4.76. The van der Waals surface area contributed by atoms with Gasteiger partial charge < -0.3 is 5.11 Å². The zero-order valence-electron chi connectivity index (χ0n) is 9.49. The van der Waals surface area contributed by atoms with Crippen LogP contribution < -0.4 is 0 Å². The van der Waals surface area contributed by atoms with Gasteiger partial charge in [0.25, 0.3) is 0 Å². The van der Waals surface area contributed by atoms with Gasteiger partial charge in [-0.25, -0.2) is 8.78 Å². The Bertz CT molecular complexity index is 407. The minimum atomic E-state index is -0.838. The molecule has 2 nitrogen and oxygen atoms in total. The molecule has 0 fully saturated rings. The predicted molar refractivity (Wildman–Crippen MR) is 61.4 cm³/mol. The smallest absolute Gasteiger partial charge is 0.306 e. The van der Waals surface area contributed by atoms with Crippen LogP contribution in [0.1, 0.15) is 25.3 Å². The minimum absolute atomic E-state index is 0.413. The van der Waals surface area contributed by atoms with Gasteiger partial charge in [-0.1, -0.05) is 19.1 Å². The van der Waals surface area contributed by atoms with E-state index < -0.39 is 23.5 Å². The predicted octanol–water partition coefficient (Wildman–Crippen LogP) is 3.48.